The lowest BCUT2D eigenvalue weighted by Gasteiger charge is -2.08. The Morgan fingerprint density at radius 2 is 2.06 bits per heavy atom. The Balaban J connectivity index is 3.41. The summed E-state index contributed by atoms with van der Waals surface area (Å²) in [7, 11) is 0. The van der Waals surface area contributed by atoms with Gasteiger partial charge in [0.1, 0.15) is 0 Å². The van der Waals surface area contributed by atoms with Gasteiger partial charge in [-0.05, 0) is 12.8 Å². The van der Waals surface area contributed by atoms with Crippen LogP contribution in [0.4, 0.5) is 5.69 Å². The van der Waals surface area contributed by atoms with Gasteiger partial charge in [0.2, 0.25) is 0 Å². The molecule has 0 spiro atoms. The van der Waals surface area contributed by atoms with Gasteiger partial charge in [-0.2, -0.15) is 0 Å². The average molecular weight is 276 g/mol. The van der Waals surface area contributed by atoms with E-state index in [9.17, 15) is 19.7 Å². The highest BCUT2D eigenvalue weighted by atomic mass is 35.5. The Morgan fingerprint density at radius 1 is 1.39 bits per heavy atom. The van der Waals surface area contributed by atoms with Crippen LogP contribution in [0.25, 0.3) is 0 Å². The van der Waals surface area contributed by atoms with E-state index >= 15 is 0 Å². The zero-order valence-electron chi connectivity index (χ0n) is 9.97. The van der Waals surface area contributed by atoms with Crippen LogP contribution in [0.1, 0.15) is 19.8 Å². The number of halogens is 1. The predicted octanol–water partition coefficient (Wildman–Crippen LogP) is 0.957. The summed E-state index contributed by atoms with van der Waals surface area (Å²) >= 11 is 5.50. The molecule has 7 nitrogen and oxygen atoms in total. The molecule has 0 N–H and O–H groups in total. The maximum atomic E-state index is 11.9. The third kappa shape index (κ3) is 2.98. The molecule has 100 valence electrons. The number of hydrogen-bond acceptors (Lipinski definition) is 4. The molecule has 0 unspecified atom stereocenters. The number of alkyl halides is 1. The van der Waals surface area contributed by atoms with E-state index in [0.29, 0.717) is 19.4 Å². The second kappa shape index (κ2) is 6.34. The molecule has 1 rings (SSSR count). The lowest BCUT2D eigenvalue weighted by molar-refractivity contribution is -0.387. The van der Waals surface area contributed by atoms with Crippen LogP contribution in [0, 0.1) is 10.1 Å². The summed E-state index contributed by atoms with van der Waals surface area (Å²) in [6.07, 6.45) is 2.06. The van der Waals surface area contributed by atoms with Crippen molar-refractivity contribution in [2.24, 2.45) is 0 Å². The van der Waals surface area contributed by atoms with Crippen molar-refractivity contribution in [3.8, 4) is 0 Å². The van der Waals surface area contributed by atoms with Crippen LogP contribution in [-0.4, -0.2) is 19.9 Å². The SMILES string of the molecule is CCCn1cc([N+](=O)[O-])c(=O)n(CCCCl)c1=O. The molecule has 1 heterocycles. The van der Waals surface area contributed by atoms with Crippen molar-refractivity contribution in [1.82, 2.24) is 9.13 Å². The molecule has 0 aliphatic carbocycles. The monoisotopic (exact) mass is 275 g/mol. The first-order valence-corrected chi connectivity index (χ1v) is 6.11. The summed E-state index contributed by atoms with van der Waals surface area (Å²) in [6.45, 7) is 2.26. The molecule has 0 amide bonds. The summed E-state index contributed by atoms with van der Waals surface area (Å²) in [4.78, 5) is 33.7. The molecule has 0 atom stereocenters. The molecule has 0 saturated carbocycles. The first-order valence-electron chi connectivity index (χ1n) is 5.57. The molecule has 0 aromatic carbocycles. The smallest absolute Gasteiger partial charge is 0.293 e. The van der Waals surface area contributed by atoms with Gasteiger partial charge in [-0.3, -0.25) is 24.0 Å². The van der Waals surface area contributed by atoms with Crippen molar-refractivity contribution < 1.29 is 4.92 Å². The largest absolute Gasteiger partial charge is 0.350 e. The van der Waals surface area contributed by atoms with Crippen LogP contribution in [0.2, 0.25) is 0 Å². The molecule has 1 aromatic heterocycles. The molecule has 0 radical (unpaired) electrons. The molecule has 1 aromatic rings. The van der Waals surface area contributed by atoms with Gasteiger partial charge in [-0.25, -0.2) is 4.79 Å². The molecule has 0 fully saturated rings. The van der Waals surface area contributed by atoms with E-state index in [1.54, 1.807) is 0 Å². The summed E-state index contributed by atoms with van der Waals surface area (Å²) in [5.41, 5.74) is -1.99. The Kier molecular flexibility index (Phi) is 5.08. The molecular formula is C10H14ClN3O4. The first-order chi connectivity index (χ1) is 8.52. The van der Waals surface area contributed by atoms with E-state index in [1.807, 2.05) is 6.92 Å². The second-order valence-electron chi connectivity index (χ2n) is 3.75. The molecule has 8 heteroatoms. The van der Waals surface area contributed by atoms with Crippen molar-refractivity contribution in [3.05, 3.63) is 37.1 Å². The normalized spacial score (nSPS) is 10.6. The maximum absolute atomic E-state index is 11.9. The van der Waals surface area contributed by atoms with Crippen molar-refractivity contribution in [2.45, 2.75) is 32.9 Å². The predicted molar refractivity (Wildman–Crippen MR) is 67.2 cm³/mol. The maximum Gasteiger partial charge on any atom is 0.350 e. The van der Waals surface area contributed by atoms with Gasteiger partial charge in [0.05, 0.1) is 11.1 Å². The molecule has 0 saturated heterocycles. The third-order valence-electron chi connectivity index (χ3n) is 2.40. The summed E-state index contributed by atoms with van der Waals surface area (Å²) in [6, 6.07) is 0. The standard InChI is InChI=1S/C10H14ClN3O4/c1-2-5-12-7-8(14(17)18)9(15)13(10(12)16)6-3-4-11/h7H,2-6H2,1H3. The third-order valence-corrected chi connectivity index (χ3v) is 2.66. The Labute approximate surface area is 108 Å². The zero-order valence-corrected chi connectivity index (χ0v) is 10.7. The van der Waals surface area contributed by atoms with Crippen molar-refractivity contribution in [3.63, 3.8) is 0 Å². The fourth-order valence-electron chi connectivity index (χ4n) is 1.58. The molecule has 0 aliphatic rings. The van der Waals surface area contributed by atoms with Gasteiger partial charge in [-0.15, -0.1) is 11.6 Å². The van der Waals surface area contributed by atoms with Gasteiger partial charge < -0.3 is 0 Å². The Bertz CT molecular complexity index is 549. The topological polar surface area (TPSA) is 87.1 Å². The van der Waals surface area contributed by atoms with E-state index in [2.05, 4.69) is 0 Å². The zero-order chi connectivity index (χ0) is 13.7. The highest BCUT2D eigenvalue weighted by Crippen LogP contribution is 2.01. The van der Waals surface area contributed by atoms with E-state index in [1.165, 1.54) is 4.57 Å². The van der Waals surface area contributed by atoms with E-state index in [-0.39, 0.29) is 12.4 Å². The quantitative estimate of drug-likeness (QED) is 0.439. The Morgan fingerprint density at radius 3 is 2.56 bits per heavy atom. The fourth-order valence-corrected chi connectivity index (χ4v) is 1.70. The van der Waals surface area contributed by atoms with E-state index in [4.69, 9.17) is 11.6 Å². The molecule has 0 aliphatic heterocycles. The van der Waals surface area contributed by atoms with Crippen molar-refractivity contribution in [2.75, 3.05) is 5.88 Å². The van der Waals surface area contributed by atoms with Crippen LogP contribution in [0.3, 0.4) is 0 Å². The second-order valence-corrected chi connectivity index (χ2v) is 4.12. The van der Waals surface area contributed by atoms with Crippen molar-refractivity contribution in [1.29, 1.82) is 0 Å². The van der Waals surface area contributed by atoms with Gasteiger partial charge in [0.15, 0.2) is 0 Å². The number of nitro groups is 1. The van der Waals surface area contributed by atoms with Crippen LogP contribution in [-0.2, 0) is 13.1 Å². The van der Waals surface area contributed by atoms with Crippen LogP contribution in [0.5, 0.6) is 0 Å². The minimum absolute atomic E-state index is 0.0898. The number of aromatic nitrogens is 2. The number of aryl methyl sites for hydroxylation is 1. The summed E-state index contributed by atoms with van der Waals surface area (Å²) in [5, 5.41) is 10.8. The number of rotatable bonds is 6. The Hall–Kier alpha value is -1.63. The van der Waals surface area contributed by atoms with Crippen LogP contribution < -0.4 is 11.2 Å². The van der Waals surface area contributed by atoms with E-state index < -0.39 is 21.9 Å². The highest BCUT2D eigenvalue weighted by molar-refractivity contribution is 6.17. The van der Waals surface area contributed by atoms with Gasteiger partial charge >= 0.3 is 16.9 Å². The van der Waals surface area contributed by atoms with E-state index in [0.717, 1.165) is 10.8 Å². The lowest BCUT2D eigenvalue weighted by Crippen LogP contribution is -2.40. The summed E-state index contributed by atoms with van der Waals surface area (Å²) in [5.74, 6) is 0.280. The molecule has 18 heavy (non-hydrogen) atoms. The van der Waals surface area contributed by atoms with Crippen LogP contribution in [0.15, 0.2) is 15.8 Å². The number of nitrogens with zero attached hydrogens (tertiary/aromatic N) is 3. The van der Waals surface area contributed by atoms with Gasteiger partial charge in [-0.1, -0.05) is 6.92 Å². The minimum atomic E-state index is -0.873. The number of hydrogen-bond donors (Lipinski definition) is 0. The summed E-state index contributed by atoms with van der Waals surface area (Å²) < 4.78 is 2.06. The van der Waals surface area contributed by atoms with Gasteiger partial charge in [0.25, 0.3) is 0 Å². The highest BCUT2D eigenvalue weighted by Gasteiger charge is 2.19. The lowest BCUT2D eigenvalue weighted by atomic mass is 10.4. The van der Waals surface area contributed by atoms with Crippen molar-refractivity contribution >= 4 is 17.3 Å². The van der Waals surface area contributed by atoms with Crippen LogP contribution >= 0.6 is 11.6 Å². The minimum Gasteiger partial charge on any atom is -0.293 e. The van der Waals surface area contributed by atoms with Gasteiger partial charge in [0, 0.05) is 19.0 Å². The molecular weight excluding hydrogens is 262 g/mol. The fraction of sp³-hybridized carbons (Fsp3) is 0.600. The first kappa shape index (κ1) is 14.4. The molecule has 0 bridgehead atoms. The average Bonchev–Trinajstić information content (AvgIpc) is 2.32.